The summed E-state index contributed by atoms with van der Waals surface area (Å²) >= 11 is 0. The Morgan fingerprint density at radius 2 is 1.95 bits per heavy atom. The van der Waals surface area contributed by atoms with Gasteiger partial charge in [0.1, 0.15) is 6.54 Å². The number of carbonyl (C=O) groups is 3. The van der Waals surface area contributed by atoms with Crippen molar-refractivity contribution >= 4 is 17.9 Å². The molecule has 0 spiro atoms. The molecular formula is C11H21N3O5. The minimum atomic E-state index is -1.43. The monoisotopic (exact) mass is 275 g/mol. The van der Waals surface area contributed by atoms with Crippen LogP contribution in [0.15, 0.2) is 0 Å². The Bertz CT molecular complexity index is 332. The van der Waals surface area contributed by atoms with Crippen molar-refractivity contribution in [2.75, 3.05) is 13.1 Å². The zero-order valence-corrected chi connectivity index (χ0v) is 11.1. The van der Waals surface area contributed by atoms with Crippen molar-refractivity contribution in [1.82, 2.24) is 10.2 Å². The van der Waals surface area contributed by atoms with Gasteiger partial charge in [0, 0.05) is 6.54 Å². The Morgan fingerprint density at radius 3 is 2.32 bits per heavy atom. The van der Waals surface area contributed by atoms with Crippen LogP contribution in [0.1, 0.15) is 26.7 Å². The van der Waals surface area contributed by atoms with Gasteiger partial charge in [0.2, 0.25) is 5.91 Å². The Morgan fingerprint density at radius 1 is 1.37 bits per heavy atom. The number of carbonyl (C=O) groups excluding carboxylic acids is 2. The molecule has 2 unspecified atom stereocenters. The molecule has 8 heteroatoms. The van der Waals surface area contributed by atoms with Crippen molar-refractivity contribution in [1.29, 1.82) is 0 Å². The molecule has 19 heavy (non-hydrogen) atoms. The predicted molar refractivity (Wildman–Crippen MR) is 67.3 cm³/mol. The maximum absolute atomic E-state index is 11.8. The number of carboxylic acid groups (broad SMARTS) is 1. The van der Waals surface area contributed by atoms with Gasteiger partial charge in [-0.2, -0.15) is 0 Å². The summed E-state index contributed by atoms with van der Waals surface area (Å²) in [5, 5.41) is 20.3. The lowest BCUT2D eigenvalue weighted by molar-refractivity contribution is -0.141. The second kappa shape index (κ2) is 8.30. The summed E-state index contributed by atoms with van der Waals surface area (Å²) in [5.41, 5.74) is 5.03. The van der Waals surface area contributed by atoms with E-state index >= 15 is 0 Å². The van der Waals surface area contributed by atoms with E-state index in [1.165, 1.54) is 6.92 Å². The van der Waals surface area contributed by atoms with Crippen LogP contribution >= 0.6 is 0 Å². The van der Waals surface area contributed by atoms with Gasteiger partial charge in [-0.05, 0) is 13.3 Å². The lowest BCUT2D eigenvalue weighted by atomic mass is 10.2. The first kappa shape index (κ1) is 17.2. The molecule has 0 heterocycles. The fourth-order valence-electron chi connectivity index (χ4n) is 1.40. The number of nitrogens with one attached hydrogen (secondary N) is 1. The molecule has 5 N–H and O–H groups in total. The molecule has 0 aromatic heterocycles. The zero-order valence-electron chi connectivity index (χ0n) is 11.1. The Labute approximate surface area is 111 Å². The number of aliphatic hydroxyl groups excluding tert-OH is 1. The summed E-state index contributed by atoms with van der Waals surface area (Å²) in [5.74, 6) is -2.03. The average Bonchev–Trinajstić information content (AvgIpc) is 2.29. The van der Waals surface area contributed by atoms with Gasteiger partial charge in [-0.15, -0.1) is 0 Å². The van der Waals surface area contributed by atoms with Crippen LogP contribution in [0.3, 0.4) is 0 Å². The fraction of sp³-hybridized carbons (Fsp3) is 0.727. The number of amides is 3. The highest BCUT2D eigenvalue weighted by molar-refractivity contribution is 5.86. The summed E-state index contributed by atoms with van der Waals surface area (Å²) in [6.45, 7) is 3.16. The lowest BCUT2D eigenvalue weighted by Gasteiger charge is -2.25. The third-order valence-electron chi connectivity index (χ3n) is 2.44. The third kappa shape index (κ3) is 6.61. The van der Waals surface area contributed by atoms with Crippen molar-refractivity contribution in [3.05, 3.63) is 0 Å². The van der Waals surface area contributed by atoms with Gasteiger partial charge in [0.15, 0.2) is 6.04 Å². The number of nitrogens with two attached hydrogens (primary N) is 1. The second-order valence-electron chi connectivity index (χ2n) is 4.25. The number of rotatable bonds is 8. The topological polar surface area (TPSA) is 133 Å². The second-order valence-corrected chi connectivity index (χ2v) is 4.25. The Balaban J connectivity index is 4.68. The number of hydrogen-bond acceptors (Lipinski definition) is 4. The van der Waals surface area contributed by atoms with Crippen LogP contribution in [0, 0.1) is 0 Å². The molecule has 0 saturated carbocycles. The van der Waals surface area contributed by atoms with Crippen LogP contribution in [0.4, 0.5) is 4.79 Å². The maximum Gasteiger partial charge on any atom is 0.328 e. The molecule has 0 aromatic carbocycles. The first-order valence-corrected chi connectivity index (χ1v) is 6.04. The molecule has 3 amide bonds. The number of unbranched alkanes of at least 4 members (excludes halogenated alkanes) is 1. The van der Waals surface area contributed by atoms with Crippen molar-refractivity contribution in [3.63, 3.8) is 0 Å². The molecule has 0 aliphatic rings. The third-order valence-corrected chi connectivity index (χ3v) is 2.44. The van der Waals surface area contributed by atoms with Gasteiger partial charge in [0.25, 0.3) is 0 Å². The highest BCUT2D eigenvalue weighted by Gasteiger charge is 2.27. The van der Waals surface area contributed by atoms with E-state index in [2.05, 4.69) is 5.32 Å². The molecule has 0 aliphatic heterocycles. The molecule has 0 aromatic rings. The minimum absolute atomic E-state index is 0.289. The number of aliphatic hydroxyl groups is 1. The SMILES string of the molecule is CCCCN(CC(N)=O)C(=O)NC(C(=O)O)C(C)O. The smallest absolute Gasteiger partial charge is 0.328 e. The Hall–Kier alpha value is -1.83. The van der Waals surface area contributed by atoms with Gasteiger partial charge in [-0.3, -0.25) is 4.79 Å². The first-order valence-electron chi connectivity index (χ1n) is 6.04. The first-order chi connectivity index (χ1) is 8.79. The molecule has 8 nitrogen and oxygen atoms in total. The maximum atomic E-state index is 11.8. The molecule has 2 atom stereocenters. The highest BCUT2D eigenvalue weighted by atomic mass is 16.4. The molecule has 0 radical (unpaired) electrons. The van der Waals surface area contributed by atoms with Crippen molar-refractivity contribution in [2.45, 2.75) is 38.8 Å². The largest absolute Gasteiger partial charge is 0.480 e. The van der Waals surface area contributed by atoms with E-state index in [1.54, 1.807) is 0 Å². The molecule has 0 rings (SSSR count). The van der Waals surface area contributed by atoms with E-state index in [4.69, 9.17) is 10.8 Å². The van der Waals surface area contributed by atoms with Crippen molar-refractivity contribution in [2.24, 2.45) is 5.73 Å². The minimum Gasteiger partial charge on any atom is -0.480 e. The van der Waals surface area contributed by atoms with Crippen LogP contribution in [0.25, 0.3) is 0 Å². The molecular weight excluding hydrogens is 254 g/mol. The van der Waals surface area contributed by atoms with E-state index in [1.807, 2.05) is 6.92 Å². The quantitative estimate of drug-likeness (QED) is 0.456. The van der Waals surface area contributed by atoms with Crippen LogP contribution in [-0.2, 0) is 9.59 Å². The van der Waals surface area contributed by atoms with Gasteiger partial charge in [-0.25, -0.2) is 9.59 Å². The van der Waals surface area contributed by atoms with Gasteiger partial charge in [0.05, 0.1) is 6.10 Å². The van der Waals surface area contributed by atoms with E-state index < -0.39 is 30.1 Å². The van der Waals surface area contributed by atoms with Crippen LogP contribution in [0.5, 0.6) is 0 Å². The highest BCUT2D eigenvalue weighted by Crippen LogP contribution is 1.99. The number of nitrogens with zero attached hydrogens (tertiary/aromatic N) is 1. The lowest BCUT2D eigenvalue weighted by Crippen LogP contribution is -2.53. The number of hydrogen-bond donors (Lipinski definition) is 4. The van der Waals surface area contributed by atoms with Crippen LogP contribution in [-0.4, -0.2) is 58.3 Å². The molecule has 0 bridgehead atoms. The van der Waals surface area contributed by atoms with Gasteiger partial charge in [-0.1, -0.05) is 13.3 Å². The summed E-state index contributed by atoms with van der Waals surface area (Å²) in [6, 6.07) is -2.16. The summed E-state index contributed by atoms with van der Waals surface area (Å²) in [4.78, 5) is 34.7. The van der Waals surface area contributed by atoms with Crippen molar-refractivity contribution in [3.8, 4) is 0 Å². The summed E-state index contributed by atoms with van der Waals surface area (Å²) in [6.07, 6.45) is 0.220. The number of aliphatic carboxylic acids is 1. The van der Waals surface area contributed by atoms with E-state index in [0.717, 1.165) is 11.3 Å². The predicted octanol–water partition coefficient (Wildman–Crippen LogP) is -0.883. The average molecular weight is 275 g/mol. The normalized spacial score (nSPS) is 13.4. The van der Waals surface area contributed by atoms with Crippen LogP contribution < -0.4 is 11.1 Å². The zero-order chi connectivity index (χ0) is 15.0. The van der Waals surface area contributed by atoms with Crippen molar-refractivity contribution < 1.29 is 24.6 Å². The van der Waals surface area contributed by atoms with E-state index in [-0.39, 0.29) is 13.1 Å². The standard InChI is InChI=1S/C11H21N3O5/c1-3-4-5-14(6-8(12)16)11(19)13-9(7(2)15)10(17)18/h7,9,15H,3-6H2,1-2H3,(H2,12,16)(H,13,19)(H,17,18). The van der Waals surface area contributed by atoms with E-state index in [9.17, 15) is 19.5 Å². The number of carboxylic acids is 1. The van der Waals surface area contributed by atoms with Gasteiger partial charge < -0.3 is 26.2 Å². The molecule has 110 valence electrons. The molecule has 0 saturated heterocycles. The Kier molecular flexibility index (Phi) is 7.50. The fourth-order valence-corrected chi connectivity index (χ4v) is 1.40. The summed E-state index contributed by atoms with van der Waals surface area (Å²) < 4.78 is 0. The van der Waals surface area contributed by atoms with Crippen LogP contribution in [0.2, 0.25) is 0 Å². The van der Waals surface area contributed by atoms with E-state index in [0.29, 0.717) is 6.42 Å². The summed E-state index contributed by atoms with van der Waals surface area (Å²) in [7, 11) is 0. The number of urea groups is 1. The van der Waals surface area contributed by atoms with Gasteiger partial charge >= 0.3 is 12.0 Å². The molecule has 0 aliphatic carbocycles. The number of primary amides is 1. The molecule has 0 fully saturated rings.